The van der Waals surface area contributed by atoms with Crippen molar-refractivity contribution < 1.29 is 31.2 Å². The number of halogens is 4. The highest BCUT2D eigenvalue weighted by Gasteiger charge is 2.40. The highest BCUT2D eigenvalue weighted by atomic mass is 35.5. The summed E-state index contributed by atoms with van der Waals surface area (Å²) in [6.07, 6.45) is -4.48. The first kappa shape index (κ1) is 25.0. The van der Waals surface area contributed by atoms with Crippen LogP contribution in [0.1, 0.15) is 18.1 Å². The molecular weight excluding hydrogens is 483 g/mol. The number of rotatable bonds is 5. The summed E-state index contributed by atoms with van der Waals surface area (Å²) in [5, 5.41) is 2.77. The van der Waals surface area contributed by atoms with Crippen LogP contribution in [-0.2, 0) is 32.3 Å². The summed E-state index contributed by atoms with van der Waals surface area (Å²) >= 11 is 5.92. The van der Waals surface area contributed by atoms with E-state index in [-0.39, 0.29) is 42.0 Å². The van der Waals surface area contributed by atoms with Crippen LogP contribution in [0.25, 0.3) is 0 Å². The number of hydrogen-bond acceptors (Lipinski definition) is 4. The molecule has 1 fully saturated rings. The lowest BCUT2D eigenvalue weighted by molar-refractivity contribution is -0.138. The summed E-state index contributed by atoms with van der Waals surface area (Å²) in [4.78, 5) is 26.1. The Hall–Kier alpha value is -2.63. The first-order valence-corrected chi connectivity index (χ1v) is 11.7. The van der Waals surface area contributed by atoms with Gasteiger partial charge in [-0.2, -0.15) is 17.5 Å². The van der Waals surface area contributed by atoms with Crippen molar-refractivity contribution in [3.8, 4) is 0 Å². The summed E-state index contributed by atoms with van der Waals surface area (Å²) in [5.41, 5.74) is -0.416. The van der Waals surface area contributed by atoms with E-state index < -0.39 is 33.7 Å². The average Bonchev–Trinajstić information content (AvgIpc) is 2.76. The summed E-state index contributed by atoms with van der Waals surface area (Å²) in [5.74, 6) is -0.984. The molecule has 3 rings (SSSR count). The topological polar surface area (TPSA) is 86.8 Å². The van der Waals surface area contributed by atoms with Crippen LogP contribution in [0.3, 0.4) is 0 Å². The minimum Gasteiger partial charge on any atom is -0.351 e. The van der Waals surface area contributed by atoms with E-state index in [0.29, 0.717) is 5.56 Å². The van der Waals surface area contributed by atoms with Crippen LogP contribution in [0.2, 0.25) is 5.02 Å². The molecule has 1 heterocycles. The maximum Gasteiger partial charge on any atom is 0.416 e. The van der Waals surface area contributed by atoms with Crippen LogP contribution in [-0.4, -0.2) is 55.1 Å². The van der Waals surface area contributed by atoms with Gasteiger partial charge in [-0.1, -0.05) is 29.8 Å². The summed E-state index contributed by atoms with van der Waals surface area (Å²) < 4.78 is 65.6. The number of hydrogen-bond donors (Lipinski definition) is 1. The van der Waals surface area contributed by atoms with E-state index in [9.17, 15) is 31.2 Å². The van der Waals surface area contributed by atoms with Crippen LogP contribution >= 0.6 is 11.6 Å². The van der Waals surface area contributed by atoms with Crippen molar-refractivity contribution in [2.45, 2.75) is 30.6 Å². The van der Waals surface area contributed by atoms with Crippen molar-refractivity contribution in [1.29, 1.82) is 0 Å². The fourth-order valence-corrected chi connectivity index (χ4v) is 5.31. The first-order valence-electron chi connectivity index (χ1n) is 9.86. The Bertz CT molecular complexity index is 1140. The molecule has 0 saturated carbocycles. The van der Waals surface area contributed by atoms with Gasteiger partial charge in [-0.05, 0) is 35.9 Å². The molecule has 0 aromatic heterocycles. The summed E-state index contributed by atoms with van der Waals surface area (Å²) in [7, 11) is -4.11. The molecule has 1 unspecified atom stereocenters. The van der Waals surface area contributed by atoms with E-state index in [0.717, 1.165) is 16.4 Å². The second kappa shape index (κ2) is 9.70. The Morgan fingerprint density at radius 3 is 2.36 bits per heavy atom. The molecule has 2 amide bonds. The van der Waals surface area contributed by atoms with Gasteiger partial charge in [0.05, 0.1) is 10.5 Å². The number of alkyl halides is 3. The lowest BCUT2D eigenvalue weighted by Gasteiger charge is -2.39. The number of sulfonamides is 1. The third-order valence-electron chi connectivity index (χ3n) is 5.23. The Morgan fingerprint density at radius 1 is 1.12 bits per heavy atom. The van der Waals surface area contributed by atoms with E-state index in [1.807, 2.05) is 0 Å². The van der Waals surface area contributed by atoms with Crippen molar-refractivity contribution in [1.82, 2.24) is 14.5 Å². The molecule has 12 heteroatoms. The monoisotopic (exact) mass is 503 g/mol. The predicted octanol–water partition coefficient (Wildman–Crippen LogP) is 2.90. The highest BCUT2D eigenvalue weighted by Crippen LogP contribution is 2.29. The number of carbonyl (C=O) groups excluding carboxylic acids is 2. The molecule has 1 aliphatic rings. The summed E-state index contributed by atoms with van der Waals surface area (Å²) in [6.45, 7) is 1.05. The Kier molecular flexibility index (Phi) is 7.35. The zero-order valence-electron chi connectivity index (χ0n) is 17.5. The van der Waals surface area contributed by atoms with Gasteiger partial charge in [-0.3, -0.25) is 9.59 Å². The molecule has 0 radical (unpaired) electrons. The quantitative estimate of drug-likeness (QED) is 0.680. The second-order valence-corrected chi connectivity index (χ2v) is 9.79. The number of nitrogens with zero attached hydrogens (tertiary/aromatic N) is 2. The largest absolute Gasteiger partial charge is 0.416 e. The maximum absolute atomic E-state index is 13.2. The van der Waals surface area contributed by atoms with E-state index in [4.69, 9.17) is 11.6 Å². The molecule has 2 aromatic carbocycles. The smallest absolute Gasteiger partial charge is 0.351 e. The van der Waals surface area contributed by atoms with E-state index in [1.54, 1.807) is 0 Å². The van der Waals surface area contributed by atoms with Gasteiger partial charge in [-0.25, -0.2) is 8.42 Å². The predicted molar refractivity (Wildman–Crippen MR) is 115 cm³/mol. The molecular formula is C21H21ClF3N3O4S. The van der Waals surface area contributed by atoms with Gasteiger partial charge in [0, 0.05) is 38.1 Å². The van der Waals surface area contributed by atoms with Crippen molar-refractivity contribution in [2.75, 3.05) is 19.6 Å². The normalized spacial score (nSPS) is 17.6. The first-order chi connectivity index (χ1) is 15.4. The van der Waals surface area contributed by atoms with Crippen molar-refractivity contribution >= 4 is 33.4 Å². The number of benzene rings is 2. The molecule has 33 heavy (non-hydrogen) atoms. The molecule has 178 valence electrons. The third-order valence-corrected chi connectivity index (χ3v) is 7.37. The molecule has 0 bridgehead atoms. The third kappa shape index (κ3) is 5.84. The van der Waals surface area contributed by atoms with Crippen molar-refractivity contribution in [3.05, 3.63) is 64.7 Å². The van der Waals surface area contributed by atoms with Crippen LogP contribution in [0.4, 0.5) is 13.2 Å². The number of amides is 2. The second-order valence-electron chi connectivity index (χ2n) is 7.47. The fourth-order valence-electron chi connectivity index (χ4n) is 3.44. The molecule has 1 aliphatic heterocycles. The molecule has 1 atom stereocenters. The lowest BCUT2D eigenvalue weighted by Crippen LogP contribution is -2.61. The van der Waals surface area contributed by atoms with Crippen molar-refractivity contribution in [2.24, 2.45) is 0 Å². The van der Waals surface area contributed by atoms with Gasteiger partial charge in [0.2, 0.25) is 21.8 Å². The minimum atomic E-state index is -4.48. The van der Waals surface area contributed by atoms with Crippen LogP contribution in [0.15, 0.2) is 53.4 Å². The van der Waals surface area contributed by atoms with Gasteiger partial charge in [-0.15, -0.1) is 0 Å². The molecule has 7 nitrogen and oxygen atoms in total. The highest BCUT2D eigenvalue weighted by molar-refractivity contribution is 7.89. The Balaban J connectivity index is 1.80. The van der Waals surface area contributed by atoms with Crippen LogP contribution in [0, 0.1) is 0 Å². The Labute approximate surface area is 194 Å². The molecule has 0 aliphatic carbocycles. The van der Waals surface area contributed by atoms with Gasteiger partial charge in [0.25, 0.3) is 0 Å². The number of piperazine rings is 1. The van der Waals surface area contributed by atoms with Crippen molar-refractivity contribution in [3.63, 3.8) is 0 Å². The van der Waals surface area contributed by atoms with Crippen LogP contribution in [0.5, 0.6) is 0 Å². The van der Waals surface area contributed by atoms with E-state index in [1.165, 1.54) is 48.2 Å². The molecule has 1 N–H and O–H groups in total. The SMILES string of the molecule is CC(=O)N1CCN(S(=O)(=O)c2cccc(Cl)c2)C(C(=O)NCc2ccc(C(F)(F)F)cc2)C1. The molecule has 1 saturated heterocycles. The van der Waals surface area contributed by atoms with E-state index >= 15 is 0 Å². The van der Waals surface area contributed by atoms with Crippen LogP contribution < -0.4 is 5.32 Å². The zero-order valence-corrected chi connectivity index (χ0v) is 19.0. The van der Waals surface area contributed by atoms with Gasteiger partial charge in [0.1, 0.15) is 6.04 Å². The average molecular weight is 504 g/mol. The van der Waals surface area contributed by atoms with Gasteiger partial charge in [0.15, 0.2) is 0 Å². The fraction of sp³-hybridized carbons (Fsp3) is 0.333. The summed E-state index contributed by atoms with van der Waals surface area (Å²) in [6, 6.07) is 8.65. The lowest BCUT2D eigenvalue weighted by atomic mass is 10.1. The number of nitrogens with one attached hydrogen (secondary N) is 1. The number of carbonyl (C=O) groups is 2. The Morgan fingerprint density at radius 2 is 1.79 bits per heavy atom. The zero-order chi connectivity index (χ0) is 24.4. The van der Waals surface area contributed by atoms with Gasteiger partial charge < -0.3 is 10.2 Å². The minimum absolute atomic E-state index is 0.0909. The van der Waals surface area contributed by atoms with Gasteiger partial charge >= 0.3 is 6.18 Å². The standard InChI is InChI=1S/C21H21ClF3N3O4S/c1-14(29)27-9-10-28(33(31,32)18-4-2-3-17(22)11-18)19(13-27)20(30)26-12-15-5-7-16(8-6-15)21(23,24)25/h2-8,11,19H,9-10,12-13H2,1H3,(H,26,30). The molecule has 0 spiro atoms. The molecule has 2 aromatic rings. The maximum atomic E-state index is 13.2. The van der Waals surface area contributed by atoms with E-state index in [2.05, 4.69) is 5.32 Å².